The molecule has 0 aliphatic heterocycles. The van der Waals surface area contributed by atoms with E-state index in [1.165, 1.54) is 12.3 Å². The number of H-pyrrole nitrogens is 1. The second-order valence-corrected chi connectivity index (χ2v) is 4.23. The molecule has 1 atom stereocenters. The predicted molar refractivity (Wildman–Crippen MR) is 71.4 cm³/mol. The molecular weight excluding hydrogens is 248 g/mol. The molecule has 0 saturated heterocycles. The number of aromatic nitrogens is 1. The molecule has 0 aliphatic rings. The molecule has 1 amide bonds. The lowest BCUT2D eigenvalue weighted by Gasteiger charge is -2.16. The Kier molecular flexibility index (Phi) is 5.11. The summed E-state index contributed by atoms with van der Waals surface area (Å²) in [6, 6.07) is 0.746. The number of aromatic amines is 1. The molecule has 1 heterocycles. The average Bonchev–Trinajstić information content (AvgIpc) is 2.37. The molecule has 0 aromatic carbocycles. The summed E-state index contributed by atoms with van der Waals surface area (Å²) in [4.78, 5) is 26.4. The molecule has 104 valence electrons. The lowest BCUT2D eigenvalue weighted by molar-refractivity contribution is 0.0943. The summed E-state index contributed by atoms with van der Waals surface area (Å²) in [7, 11) is 0. The molecule has 0 bridgehead atoms. The highest BCUT2D eigenvalue weighted by atomic mass is 16.4. The summed E-state index contributed by atoms with van der Waals surface area (Å²) in [5, 5.41) is 14.1. The van der Waals surface area contributed by atoms with E-state index in [1.54, 1.807) is 6.92 Å². The Morgan fingerprint density at radius 1 is 1.63 bits per heavy atom. The average molecular weight is 266 g/mol. The topological polar surface area (TPSA) is 121 Å². The van der Waals surface area contributed by atoms with Crippen LogP contribution in [0.4, 0.5) is 0 Å². The van der Waals surface area contributed by atoms with Crippen molar-refractivity contribution >= 4 is 11.7 Å². The number of amides is 1. The Labute approximate surface area is 110 Å². The number of hydrogen-bond acceptors (Lipinski definition) is 4. The minimum atomic E-state index is -0.594. The number of oxime groups is 1. The van der Waals surface area contributed by atoms with Crippen molar-refractivity contribution in [1.82, 2.24) is 10.3 Å². The van der Waals surface area contributed by atoms with Gasteiger partial charge < -0.3 is 21.2 Å². The van der Waals surface area contributed by atoms with E-state index in [1.807, 2.05) is 6.92 Å². The molecule has 0 spiro atoms. The number of carbonyl (C=O) groups is 1. The van der Waals surface area contributed by atoms with E-state index in [0.29, 0.717) is 12.1 Å². The molecule has 7 nitrogen and oxygen atoms in total. The van der Waals surface area contributed by atoms with Gasteiger partial charge in [-0.1, -0.05) is 18.5 Å². The Hall–Kier alpha value is -2.31. The van der Waals surface area contributed by atoms with E-state index < -0.39 is 11.9 Å². The smallest absolute Gasteiger partial charge is 0.257 e. The third kappa shape index (κ3) is 3.84. The van der Waals surface area contributed by atoms with Gasteiger partial charge in [-0.25, -0.2) is 0 Å². The minimum Gasteiger partial charge on any atom is -0.409 e. The number of aryl methyl sites for hydroxylation is 1. The highest BCUT2D eigenvalue weighted by molar-refractivity contribution is 5.97. The maximum atomic E-state index is 12.0. The van der Waals surface area contributed by atoms with E-state index in [0.717, 1.165) is 6.42 Å². The number of amidine groups is 1. The molecule has 0 fully saturated rings. The van der Waals surface area contributed by atoms with Crippen LogP contribution in [-0.2, 0) is 0 Å². The number of nitrogens with zero attached hydrogens (tertiary/aromatic N) is 1. The number of hydrogen-bond donors (Lipinski definition) is 4. The molecule has 1 unspecified atom stereocenters. The van der Waals surface area contributed by atoms with E-state index in [2.05, 4.69) is 15.5 Å². The fraction of sp³-hybridized carbons (Fsp3) is 0.417. The van der Waals surface area contributed by atoms with Crippen LogP contribution in [0.1, 0.15) is 35.8 Å². The monoisotopic (exact) mass is 266 g/mol. The number of rotatable bonds is 5. The SMILES string of the molecule is CCCC(NC(=O)c1c[nH]c(C)cc1=O)C(N)=NO. The third-order valence-electron chi connectivity index (χ3n) is 2.66. The third-order valence-corrected chi connectivity index (χ3v) is 2.66. The second kappa shape index (κ2) is 6.58. The summed E-state index contributed by atoms with van der Waals surface area (Å²) < 4.78 is 0. The molecular formula is C12H18N4O3. The van der Waals surface area contributed by atoms with Crippen molar-refractivity contribution < 1.29 is 10.0 Å². The Bertz CT molecular complexity index is 536. The number of pyridine rings is 1. The molecule has 19 heavy (non-hydrogen) atoms. The van der Waals surface area contributed by atoms with Crippen molar-refractivity contribution in [3.05, 3.63) is 33.7 Å². The maximum Gasteiger partial charge on any atom is 0.257 e. The first-order chi connectivity index (χ1) is 8.99. The number of nitrogens with two attached hydrogens (primary N) is 1. The largest absolute Gasteiger partial charge is 0.409 e. The fourth-order valence-corrected chi connectivity index (χ4v) is 1.64. The zero-order chi connectivity index (χ0) is 14.4. The highest BCUT2D eigenvalue weighted by Gasteiger charge is 2.18. The Morgan fingerprint density at radius 2 is 2.32 bits per heavy atom. The molecule has 0 saturated carbocycles. The van der Waals surface area contributed by atoms with E-state index in [4.69, 9.17) is 10.9 Å². The van der Waals surface area contributed by atoms with Gasteiger partial charge in [0.15, 0.2) is 11.3 Å². The van der Waals surface area contributed by atoms with Gasteiger partial charge in [-0.3, -0.25) is 9.59 Å². The van der Waals surface area contributed by atoms with E-state index in [-0.39, 0.29) is 16.8 Å². The van der Waals surface area contributed by atoms with Gasteiger partial charge in [0, 0.05) is 18.0 Å². The van der Waals surface area contributed by atoms with Crippen molar-refractivity contribution in [1.29, 1.82) is 0 Å². The normalized spacial score (nSPS) is 13.1. The van der Waals surface area contributed by atoms with Crippen molar-refractivity contribution in [3.63, 3.8) is 0 Å². The molecule has 1 aromatic rings. The van der Waals surface area contributed by atoms with Crippen LogP contribution in [0.15, 0.2) is 22.2 Å². The van der Waals surface area contributed by atoms with Crippen LogP contribution in [-0.4, -0.2) is 28.0 Å². The number of carbonyl (C=O) groups excluding carboxylic acids is 1. The second-order valence-electron chi connectivity index (χ2n) is 4.23. The Morgan fingerprint density at radius 3 is 2.84 bits per heavy atom. The fourth-order valence-electron chi connectivity index (χ4n) is 1.64. The van der Waals surface area contributed by atoms with Gasteiger partial charge in [-0.05, 0) is 13.3 Å². The standard InChI is InChI=1S/C12H18N4O3/c1-3-4-9(11(13)16-19)15-12(18)8-6-14-7(2)5-10(8)17/h5-6,9,19H,3-4H2,1-2H3,(H2,13,16)(H,14,17)(H,15,18). The van der Waals surface area contributed by atoms with Crippen molar-refractivity contribution in [2.75, 3.05) is 0 Å². The maximum absolute atomic E-state index is 12.0. The van der Waals surface area contributed by atoms with Crippen molar-refractivity contribution in [2.45, 2.75) is 32.7 Å². The van der Waals surface area contributed by atoms with Crippen LogP contribution in [0.3, 0.4) is 0 Å². The van der Waals surface area contributed by atoms with E-state index in [9.17, 15) is 9.59 Å². The van der Waals surface area contributed by atoms with Gasteiger partial charge >= 0.3 is 0 Å². The van der Waals surface area contributed by atoms with Gasteiger partial charge in [0.1, 0.15) is 5.56 Å². The van der Waals surface area contributed by atoms with Gasteiger partial charge in [-0.2, -0.15) is 0 Å². The highest BCUT2D eigenvalue weighted by Crippen LogP contribution is 2.00. The van der Waals surface area contributed by atoms with Crippen LogP contribution < -0.4 is 16.5 Å². The molecule has 1 rings (SSSR count). The first-order valence-corrected chi connectivity index (χ1v) is 5.97. The minimum absolute atomic E-state index is 0.00237. The van der Waals surface area contributed by atoms with Crippen molar-refractivity contribution in [2.24, 2.45) is 10.9 Å². The van der Waals surface area contributed by atoms with Gasteiger partial charge in [0.05, 0.1) is 6.04 Å². The Balaban J connectivity index is 2.91. The summed E-state index contributed by atoms with van der Waals surface area (Å²) in [5.74, 6) is -0.634. The lowest BCUT2D eigenvalue weighted by Crippen LogP contribution is -2.45. The quantitative estimate of drug-likeness (QED) is 0.265. The lowest BCUT2D eigenvalue weighted by atomic mass is 10.1. The summed E-state index contributed by atoms with van der Waals surface area (Å²) in [6.45, 7) is 3.63. The molecule has 0 radical (unpaired) electrons. The summed E-state index contributed by atoms with van der Waals surface area (Å²) >= 11 is 0. The zero-order valence-electron chi connectivity index (χ0n) is 10.9. The van der Waals surface area contributed by atoms with Crippen LogP contribution in [0, 0.1) is 6.92 Å². The first-order valence-electron chi connectivity index (χ1n) is 5.97. The van der Waals surface area contributed by atoms with Gasteiger partial charge in [0.2, 0.25) is 0 Å². The first kappa shape index (κ1) is 14.7. The molecule has 1 aromatic heterocycles. The van der Waals surface area contributed by atoms with Crippen LogP contribution in [0.2, 0.25) is 0 Å². The molecule has 5 N–H and O–H groups in total. The van der Waals surface area contributed by atoms with Gasteiger partial charge in [0.25, 0.3) is 5.91 Å². The summed E-state index contributed by atoms with van der Waals surface area (Å²) in [5.41, 5.74) is 5.79. The van der Waals surface area contributed by atoms with Crippen molar-refractivity contribution in [3.8, 4) is 0 Å². The zero-order valence-corrected chi connectivity index (χ0v) is 10.9. The van der Waals surface area contributed by atoms with Crippen LogP contribution >= 0.6 is 0 Å². The number of nitrogens with one attached hydrogen (secondary N) is 2. The van der Waals surface area contributed by atoms with Crippen LogP contribution in [0.25, 0.3) is 0 Å². The molecule has 7 heteroatoms. The van der Waals surface area contributed by atoms with Crippen LogP contribution in [0.5, 0.6) is 0 Å². The van der Waals surface area contributed by atoms with Gasteiger partial charge in [-0.15, -0.1) is 0 Å². The summed E-state index contributed by atoms with van der Waals surface area (Å²) in [6.07, 6.45) is 2.61. The molecule has 0 aliphatic carbocycles. The van der Waals surface area contributed by atoms with E-state index >= 15 is 0 Å². The predicted octanol–water partition coefficient (Wildman–Crippen LogP) is 0.328.